The number of halogens is 1. The molecule has 11 aromatic heterocycles. The van der Waals surface area contributed by atoms with Crippen molar-refractivity contribution in [3.05, 3.63) is 255 Å². The van der Waals surface area contributed by atoms with Crippen LogP contribution < -0.4 is 24.2 Å². The van der Waals surface area contributed by atoms with Gasteiger partial charge >= 0.3 is 0 Å². The smallest absolute Gasteiger partial charge is 0.186 e. The molecule has 0 spiro atoms. The van der Waals surface area contributed by atoms with E-state index in [0.29, 0.717) is 48.7 Å². The molecule has 0 saturated carbocycles. The first-order chi connectivity index (χ1) is 53.6. The van der Waals surface area contributed by atoms with Gasteiger partial charge in [-0.05, 0) is 173 Å². The van der Waals surface area contributed by atoms with E-state index in [-0.39, 0.29) is 0 Å². The SMILES string of the molecule is COc1ccc(CN2CCN(c3ccc(-c4cc(C)cc(Cc5cc(C)[nH]n5)n4)cn3)CC2)cc1.COc1ccc(CN2CCN(c3ncc(-c4nc(C)cc(Cc5cc(C)[nH]n5)n4)s3)CC2)cc1.Cc1cc(Cc2cc(C)[nH]n2)nc(-c2ccc(N3CC4CC(C3)N4Cc3ccc(-n4ccc(CF)n4)nc3)nc2)n1. The molecular formula is C83H92FN23O2S. The standard InChI is InChI=1S/C30H31FN10.C28H32N6O.C25H29N7OS/c1-19-9-24(11-25-10-20(2)36-37-25)35-30(34-19)22-4-6-28(33-15-22)39-17-26-12-27(18-39)40(26)16-21-3-5-29(32-14-21)41-8-7-23(13-31)38-41;1-20-14-24(17-25-16-21(2)31-32-25)30-27(15-20)23-6-9-28(29-18-23)34-12-10-33(11-13-34)19-22-4-7-26(35-3)8-5-22;1-17-12-20(14-21-13-18(2)29-30-21)28-24(27-17)23-15-26-25(34-23)32-10-8-31(9-11-32)16-19-4-6-22(33-3)7-5-19/h3-10,14-15,26-27H,11-13,16-18H2,1-2H3,(H,36,37);4-9,14-16,18H,10-13,17,19H2,1-3H3,(H,31,32);4-7,12-13,15H,8-11,14,16H2,1-3H3,(H,29,30). The highest BCUT2D eigenvalue weighted by atomic mass is 32.1. The predicted octanol–water partition coefficient (Wildman–Crippen LogP) is 12.2. The molecule has 3 N–H and O–H groups in total. The number of pyridine rings is 4. The van der Waals surface area contributed by atoms with Gasteiger partial charge < -0.3 is 24.2 Å². The summed E-state index contributed by atoms with van der Waals surface area (Å²) in [6.07, 6.45) is 12.6. The zero-order chi connectivity index (χ0) is 75.6. The number of aryl methyl sites for hydroxylation is 6. The summed E-state index contributed by atoms with van der Waals surface area (Å²) in [4.78, 5) is 58.3. The van der Waals surface area contributed by atoms with E-state index in [1.165, 1.54) is 23.1 Å². The van der Waals surface area contributed by atoms with Crippen LogP contribution in [-0.4, -0.2) is 192 Å². The first-order valence-electron chi connectivity index (χ1n) is 37.5. The minimum absolute atomic E-state index is 0.409. The van der Waals surface area contributed by atoms with Crippen molar-refractivity contribution in [3.63, 3.8) is 0 Å². The lowest BCUT2D eigenvalue weighted by Crippen LogP contribution is -2.68. The molecule has 564 valence electrons. The number of H-pyrrole nitrogens is 3. The molecule has 2 aromatic carbocycles. The van der Waals surface area contributed by atoms with Crippen LogP contribution in [0.3, 0.4) is 0 Å². The number of thiazole rings is 1. The normalized spacial score (nSPS) is 15.9. The van der Waals surface area contributed by atoms with Gasteiger partial charge in [0.25, 0.3) is 0 Å². The molecule has 27 heteroatoms. The van der Waals surface area contributed by atoms with Gasteiger partial charge in [-0.15, -0.1) is 0 Å². The van der Waals surface area contributed by atoms with Crippen molar-refractivity contribution in [2.24, 2.45) is 0 Å². The Labute approximate surface area is 644 Å². The van der Waals surface area contributed by atoms with Gasteiger partial charge in [0.15, 0.2) is 22.6 Å². The maximum atomic E-state index is 12.8. The van der Waals surface area contributed by atoms with Gasteiger partial charge in [0.1, 0.15) is 29.8 Å². The lowest BCUT2D eigenvalue weighted by molar-refractivity contribution is -0.00875. The largest absolute Gasteiger partial charge is 0.497 e. The van der Waals surface area contributed by atoms with Crippen molar-refractivity contribution in [1.29, 1.82) is 0 Å². The Balaban J connectivity index is 0.000000132. The Morgan fingerprint density at radius 1 is 0.445 bits per heavy atom. The second kappa shape index (κ2) is 34.0. The fourth-order valence-electron chi connectivity index (χ4n) is 14.6. The van der Waals surface area contributed by atoms with E-state index in [9.17, 15) is 4.39 Å². The minimum Gasteiger partial charge on any atom is -0.497 e. The van der Waals surface area contributed by atoms with Gasteiger partial charge in [-0.2, -0.15) is 20.4 Å². The minimum atomic E-state index is -0.575. The molecule has 2 atom stereocenters. The third-order valence-electron chi connectivity index (χ3n) is 20.3. The molecule has 5 aliphatic rings. The summed E-state index contributed by atoms with van der Waals surface area (Å²) in [6.45, 7) is 24.1. The molecule has 5 fully saturated rings. The summed E-state index contributed by atoms with van der Waals surface area (Å²) < 4.78 is 24.9. The van der Waals surface area contributed by atoms with Crippen molar-refractivity contribution in [3.8, 4) is 50.7 Å². The van der Waals surface area contributed by atoms with Crippen LogP contribution in [0.2, 0.25) is 0 Å². The average Bonchev–Trinajstić information content (AvgIpc) is 0.925. The summed E-state index contributed by atoms with van der Waals surface area (Å²) in [5, 5.41) is 27.2. The molecule has 13 aromatic rings. The number of rotatable bonds is 22. The number of fused-ring (bicyclic) bond motifs is 2. The van der Waals surface area contributed by atoms with E-state index in [0.717, 1.165) is 209 Å². The Bertz CT molecular complexity index is 5170. The van der Waals surface area contributed by atoms with Crippen LogP contribution in [0.5, 0.6) is 11.5 Å². The molecule has 5 aliphatic heterocycles. The number of methoxy groups -OCH3 is 2. The molecule has 2 bridgehead atoms. The monoisotopic (exact) mass is 1490 g/mol. The highest BCUT2D eigenvalue weighted by molar-refractivity contribution is 7.18. The Morgan fingerprint density at radius 3 is 1.46 bits per heavy atom. The van der Waals surface area contributed by atoms with Crippen LogP contribution in [-0.2, 0) is 45.6 Å². The fourth-order valence-corrected chi connectivity index (χ4v) is 15.5. The van der Waals surface area contributed by atoms with Gasteiger partial charge in [0.2, 0.25) is 0 Å². The Hall–Kier alpha value is -11.5. The predicted molar refractivity (Wildman–Crippen MR) is 426 cm³/mol. The maximum absolute atomic E-state index is 12.8. The van der Waals surface area contributed by atoms with Crippen molar-refractivity contribution in [1.82, 2.24) is 99.9 Å². The van der Waals surface area contributed by atoms with E-state index in [2.05, 4.69) is 166 Å². The van der Waals surface area contributed by atoms with Crippen molar-refractivity contribution in [2.75, 3.05) is 94.4 Å². The molecule has 25 nitrogen and oxygen atoms in total. The van der Waals surface area contributed by atoms with Crippen LogP contribution >= 0.6 is 11.3 Å². The number of hydrogen-bond acceptors (Lipinski definition) is 22. The van der Waals surface area contributed by atoms with E-state index in [1.807, 2.05) is 108 Å². The summed E-state index contributed by atoms with van der Waals surface area (Å²) in [5.74, 6) is 5.93. The third-order valence-corrected chi connectivity index (χ3v) is 21.3. The zero-order valence-corrected chi connectivity index (χ0v) is 64.3. The molecule has 0 radical (unpaired) electrons. The zero-order valence-electron chi connectivity index (χ0n) is 63.5. The Kier molecular flexibility index (Phi) is 22.8. The van der Waals surface area contributed by atoms with Gasteiger partial charge in [-0.25, -0.2) is 48.9 Å². The van der Waals surface area contributed by atoms with E-state index in [1.54, 1.807) is 42.5 Å². The van der Waals surface area contributed by atoms with Crippen LogP contribution in [0.15, 0.2) is 164 Å². The second-order valence-corrected chi connectivity index (χ2v) is 29.9. The van der Waals surface area contributed by atoms with Crippen molar-refractivity contribution in [2.45, 2.75) is 106 Å². The van der Waals surface area contributed by atoms with Crippen LogP contribution in [0.4, 0.5) is 21.2 Å². The van der Waals surface area contributed by atoms with Crippen LogP contribution in [0.25, 0.3) is 39.2 Å². The number of piperazine rings is 3. The average molecular weight is 1490 g/mol. The van der Waals surface area contributed by atoms with E-state index < -0.39 is 6.67 Å². The Morgan fingerprint density at radius 2 is 0.955 bits per heavy atom. The number of alkyl halides is 1. The molecular weight excluding hydrogens is 1400 g/mol. The highest BCUT2D eigenvalue weighted by Gasteiger charge is 2.45. The number of anilines is 3. The van der Waals surface area contributed by atoms with E-state index in [4.69, 9.17) is 39.4 Å². The topological polar surface area (TPSA) is 258 Å². The molecule has 0 aliphatic carbocycles. The third kappa shape index (κ3) is 18.6. The number of benzene rings is 2. The first kappa shape index (κ1) is 74.0. The number of nitrogens with zero attached hydrogens (tertiary/aromatic N) is 20. The number of aromatic amines is 3. The molecule has 5 saturated heterocycles. The van der Waals surface area contributed by atoms with Crippen molar-refractivity contribution < 1.29 is 13.9 Å². The van der Waals surface area contributed by atoms with Gasteiger partial charge in [0, 0.05) is 187 Å². The second-order valence-electron chi connectivity index (χ2n) is 28.9. The number of nitrogens with one attached hydrogen (secondary N) is 3. The number of aromatic nitrogens is 17. The lowest BCUT2D eigenvalue weighted by atomic mass is 9.87. The van der Waals surface area contributed by atoms with Crippen LogP contribution in [0, 0.1) is 41.5 Å². The highest BCUT2D eigenvalue weighted by Crippen LogP contribution is 2.37. The maximum Gasteiger partial charge on any atom is 0.186 e. The molecule has 2 unspecified atom stereocenters. The summed E-state index contributed by atoms with van der Waals surface area (Å²) in [7, 11) is 3.40. The van der Waals surface area contributed by atoms with Crippen LogP contribution in [0.1, 0.15) is 97.0 Å². The number of hydrogen-bond donors (Lipinski definition) is 3. The lowest BCUT2D eigenvalue weighted by Gasteiger charge is -2.56. The molecule has 16 heterocycles. The molecule has 110 heavy (non-hydrogen) atoms. The number of ether oxygens (including phenoxy) is 2. The fraction of sp³-hybridized carbons (Fsp3) is 0.337. The summed E-state index contributed by atoms with van der Waals surface area (Å²) in [6, 6.07) is 46.2. The van der Waals surface area contributed by atoms with Gasteiger partial charge in [0.05, 0.1) is 65.2 Å². The van der Waals surface area contributed by atoms with E-state index >= 15 is 0 Å². The summed E-state index contributed by atoms with van der Waals surface area (Å²) >= 11 is 1.67. The summed E-state index contributed by atoms with van der Waals surface area (Å²) in [5.41, 5.74) is 19.2. The quantitative estimate of drug-likeness (QED) is 0.0570. The number of piperidine rings is 1. The van der Waals surface area contributed by atoms with Crippen molar-refractivity contribution >= 4 is 28.1 Å². The molecule has 18 rings (SSSR count). The van der Waals surface area contributed by atoms with Gasteiger partial charge in [-0.3, -0.25) is 35.0 Å². The first-order valence-corrected chi connectivity index (χ1v) is 38.3. The van der Waals surface area contributed by atoms with Gasteiger partial charge in [-0.1, -0.05) is 41.7 Å². The molecule has 0 amide bonds.